The van der Waals surface area contributed by atoms with E-state index in [9.17, 15) is 18.3 Å². The Morgan fingerprint density at radius 1 is 0.947 bits per heavy atom. The second-order valence-corrected chi connectivity index (χ2v) is 11.6. The van der Waals surface area contributed by atoms with Gasteiger partial charge in [0.2, 0.25) is 0 Å². The Morgan fingerprint density at radius 3 is 2.26 bits per heavy atom. The minimum absolute atomic E-state index is 0.144. The van der Waals surface area contributed by atoms with Crippen molar-refractivity contribution in [3.05, 3.63) is 107 Å². The maximum absolute atomic E-state index is 12.7. The number of sulfone groups is 1. The van der Waals surface area contributed by atoms with Gasteiger partial charge in [-0.15, -0.1) is 0 Å². The van der Waals surface area contributed by atoms with E-state index >= 15 is 0 Å². The zero-order valence-electron chi connectivity index (χ0n) is 21.1. The van der Waals surface area contributed by atoms with Crippen molar-refractivity contribution < 1.29 is 23.1 Å². The number of aromatic nitrogens is 1. The largest absolute Gasteiger partial charge is 0.380 e. The number of carbonyl (C=O) groups is 1. The molecule has 1 aliphatic rings. The molecule has 38 heavy (non-hydrogen) atoms. The fraction of sp³-hybridized carbons (Fsp3) is 0.200. The highest BCUT2D eigenvalue weighted by Gasteiger charge is 2.38. The van der Waals surface area contributed by atoms with Gasteiger partial charge in [0.1, 0.15) is 5.60 Å². The second-order valence-electron chi connectivity index (χ2n) is 9.66. The average Bonchev–Trinajstić information content (AvgIpc) is 2.90. The van der Waals surface area contributed by atoms with Crippen molar-refractivity contribution in [2.75, 3.05) is 19.5 Å². The maximum Gasteiger partial charge on any atom is 0.251 e. The Labute approximate surface area is 222 Å². The van der Waals surface area contributed by atoms with Crippen LogP contribution in [0.4, 0.5) is 0 Å². The summed E-state index contributed by atoms with van der Waals surface area (Å²) in [5.41, 5.74) is 5.41. The summed E-state index contributed by atoms with van der Waals surface area (Å²) in [5, 5.41) is 13.5. The normalized spacial score (nSPS) is 14.5. The molecule has 5 rings (SSSR count). The van der Waals surface area contributed by atoms with Crippen LogP contribution in [-0.4, -0.2) is 43.9 Å². The van der Waals surface area contributed by atoms with Crippen molar-refractivity contribution in [2.45, 2.75) is 24.0 Å². The maximum atomic E-state index is 12.7. The predicted molar refractivity (Wildman–Crippen MR) is 145 cm³/mol. The van der Waals surface area contributed by atoms with Crippen molar-refractivity contribution in [1.29, 1.82) is 0 Å². The number of amides is 1. The number of nitrogens with zero attached hydrogens (tertiary/aromatic N) is 1. The van der Waals surface area contributed by atoms with Crippen LogP contribution in [0.5, 0.6) is 0 Å². The van der Waals surface area contributed by atoms with Gasteiger partial charge in [0, 0.05) is 18.0 Å². The van der Waals surface area contributed by atoms with Crippen molar-refractivity contribution in [1.82, 2.24) is 10.3 Å². The monoisotopic (exact) mass is 528 g/mol. The van der Waals surface area contributed by atoms with Crippen LogP contribution in [0, 0.1) is 6.92 Å². The number of nitrogens with one attached hydrogen (secondary N) is 1. The first-order valence-corrected chi connectivity index (χ1v) is 14.1. The number of aliphatic hydroxyl groups is 1. The molecule has 0 atom stereocenters. The first-order valence-electron chi connectivity index (χ1n) is 12.2. The lowest BCUT2D eigenvalue weighted by Crippen LogP contribution is -2.46. The number of hydrogen-bond donors (Lipinski definition) is 2. The number of carbonyl (C=O) groups excluding carboxylic acids is 1. The fourth-order valence-corrected chi connectivity index (χ4v) is 5.49. The average molecular weight is 529 g/mol. The molecule has 0 saturated carbocycles. The van der Waals surface area contributed by atoms with Crippen LogP contribution in [0.1, 0.15) is 27.2 Å². The van der Waals surface area contributed by atoms with Gasteiger partial charge >= 0.3 is 0 Å². The van der Waals surface area contributed by atoms with E-state index in [0.717, 1.165) is 34.1 Å². The molecule has 194 valence electrons. The third kappa shape index (κ3) is 5.38. The van der Waals surface area contributed by atoms with E-state index in [-0.39, 0.29) is 22.9 Å². The molecule has 4 aromatic rings. The summed E-state index contributed by atoms with van der Waals surface area (Å²) < 4.78 is 29.2. The highest BCUT2D eigenvalue weighted by Crippen LogP contribution is 2.33. The quantitative estimate of drug-likeness (QED) is 0.371. The van der Waals surface area contributed by atoms with Crippen LogP contribution >= 0.6 is 0 Å². The van der Waals surface area contributed by atoms with E-state index in [0.29, 0.717) is 24.5 Å². The summed E-state index contributed by atoms with van der Waals surface area (Å²) >= 11 is 0. The van der Waals surface area contributed by atoms with Crippen LogP contribution in [0.3, 0.4) is 0 Å². The molecule has 1 aromatic heterocycles. The molecule has 3 aromatic carbocycles. The summed E-state index contributed by atoms with van der Waals surface area (Å²) in [7, 11) is -3.44. The summed E-state index contributed by atoms with van der Waals surface area (Å²) in [4.78, 5) is 17.3. The van der Waals surface area contributed by atoms with Crippen LogP contribution in [0.25, 0.3) is 22.3 Å². The van der Waals surface area contributed by atoms with E-state index < -0.39 is 15.4 Å². The summed E-state index contributed by atoms with van der Waals surface area (Å²) in [6.45, 7) is 2.49. The fourth-order valence-electron chi connectivity index (χ4n) is 4.50. The molecule has 0 bridgehead atoms. The topological polar surface area (TPSA) is 106 Å². The van der Waals surface area contributed by atoms with Crippen molar-refractivity contribution in [2.24, 2.45) is 0 Å². The Bertz CT molecular complexity index is 1630. The second kappa shape index (κ2) is 10.1. The van der Waals surface area contributed by atoms with Gasteiger partial charge in [-0.1, -0.05) is 42.5 Å². The Kier molecular flexibility index (Phi) is 6.88. The van der Waals surface area contributed by atoms with E-state index in [4.69, 9.17) is 4.74 Å². The van der Waals surface area contributed by atoms with Gasteiger partial charge in [-0.25, -0.2) is 8.42 Å². The minimum atomic E-state index is -3.44. The van der Waals surface area contributed by atoms with Crippen LogP contribution in [-0.2, 0) is 26.7 Å². The zero-order valence-corrected chi connectivity index (χ0v) is 22.0. The van der Waals surface area contributed by atoms with E-state index in [1.165, 1.54) is 6.07 Å². The summed E-state index contributed by atoms with van der Waals surface area (Å²) in [5.74, 6) is -0.373. The number of rotatable bonds is 7. The Morgan fingerprint density at radius 2 is 1.61 bits per heavy atom. The third-order valence-electron chi connectivity index (χ3n) is 6.71. The number of benzene rings is 3. The molecule has 7 nitrogen and oxygen atoms in total. The van der Waals surface area contributed by atoms with Gasteiger partial charge in [-0.2, -0.15) is 0 Å². The molecule has 2 N–H and O–H groups in total. The summed E-state index contributed by atoms with van der Waals surface area (Å²) in [6, 6.07) is 24.4. The van der Waals surface area contributed by atoms with Gasteiger partial charge in [-0.05, 0) is 76.7 Å². The van der Waals surface area contributed by atoms with Crippen molar-refractivity contribution in [3.63, 3.8) is 0 Å². The molecule has 1 amide bonds. The molecule has 8 heteroatoms. The highest BCUT2D eigenvalue weighted by molar-refractivity contribution is 7.90. The van der Waals surface area contributed by atoms with Gasteiger partial charge in [-0.3, -0.25) is 9.78 Å². The zero-order chi connectivity index (χ0) is 26.9. The molecule has 2 heterocycles. The molecule has 0 spiro atoms. The van der Waals surface area contributed by atoms with Crippen molar-refractivity contribution in [3.8, 4) is 22.3 Å². The molecule has 0 unspecified atom stereocenters. The van der Waals surface area contributed by atoms with Gasteiger partial charge < -0.3 is 15.2 Å². The predicted octanol–water partition coefficient (Wildman–Crippen LogP) is 4.28. The van der Waals surface area contributed by atoms with Crippen molar-refractivity contribution >= 4 is 15.7 Å². The summed E-state index contributed by atoms with van der Waals surface area (Å²) in [6.07, 6.45) is 2.83. The van der Waals surface area contributed by atoms with E-state index in [1.807, 2.05) is 54.6 Å². The molecule has 1 fully saturated rings. The SMILES string of the molecule is Cc1ccc(C(=O)NCc2cc(-c3cccc(-c4cccc(C5(O)COC5)c4)c3)ccn2)cc1S(C)(=O)=O. The van der Waals surface area contributed by atoms with E-state index in [1.54, 1.807) is 25.3 Å². The first-order chi connectivity index (χ1) is 18.1. The standard InChI is InChI=1S/C30H28N2O5S/c1-20-9-10-25(16-28(20)38(2,35)36)29(33)32-17-27-15-24(11-12-31-27)22-6-3-5-21(13-22)23-7-4-8-26(14-23)30(34)18-37-19-30/h3-16,34H,17-19H2,1-2H3,(H,32,33). The lowest BCUT2D eigenvalue weighted by atomic mass is 9.89. The van der Waals surface area contributed by atoms with E-state index in [2.05, 4.69) is 16.4 Å². The highest BCUT2D eigenvalue weighted by atomic mass is 32.2. The number of pyridine rings is 1. The first kappa shape index (κ1) is 25.8. The molecular weight excluding hydrogens is 500 g/mol. The molecule has 0 radical (unpaired) electrons. The van der Waals surface area contributed by atoms with Gasteiger partial charge in [0.15, 0.2) is 9.84 Å². The lowest BCUT2D eigenvalue weighted by Gasteiger charge is -2.36. The minimum Gasteiger partial charge on any atom is -0.380 e. The Hall–Kier alpha value is -3.85. The smallest absolute Gasteiger partial charge is 0.251 e. The van der Waals surface area contributed by atoms with Crippen LogP contribution in [0.15, 0.2) is 90.0 Å². The van der Waals surface area contributed by atoms with Gasteiger partial charge in [0.25, 0.3) is 5.91 Å². The van der Waals surface area contributed by atoms with Gasteiger partial charge in [0.05, 0.1) is 30.3 Å². The number of hydrogen-bond acceptors (Lipinski definition) is 6. The lowest BCUT2D eigenvalue weighted by molar-refractivity contribution is -0.184. The number of ether oxygens (including phenoxy) is 1. The number of aryl methyl sites for hydroxylation is 1. The third-order valence-corrected chi connectivity index (χ3v) is 7.95. The molecule has 1 saturated heterocycles. The van der Waals surface area contributed by atoms with Crippen LogP contribution < -0.4 is 5.32 Å². The Balaban J connectivity index is 1.33. The van der Waals surface area contributed by atoms with Crippen LogP contribution in [0.2, 0.25) is 0 Å². The molecule has 0 aliphatic carbocycles. The molecule has 1 aliphatic heterocycles. The molecular formula is C30H28N2O5S.